The van der Waals surface area contributed by atoms with Crippen LogP contribution in [0.15, 0.2) is 54.8 Å². The summed E-state index contributed by atoms with van der Waals surface area (Å²) in [5.74, 6) is 0.866. The van der Waals surface area contributed by atoms with Gasteiger partial charge in [-0.1, -0.05) is 30.4 Å². The lowest BCUT2D eigenvalue weighted by atomic mass is 10.3. The molecule has 1 rings (SSSR count). The van der Waals surface area contributed by atoms with Crippen LogP contribution in [0.1, 0.15) is 6.92 Å². The molecule has 0 aromatic heterocycles. The number of rotatable bonds is 6. The van der Waals surface area contributed by atoms with E-state index in [0.29, 0.717) is 13.2 Å². The van der Waals surface area contributed by atoms with Gasteiger partial charge in [0.1, 0.15) is 19.0 Å². The van der Waals surface area contributed by atoms with Crippen molar-refractivity contribution in [2.24, 2.45) is 0 Å². The van der Waals surface area contributed by atoms with Crippen LogP contribution in [0.5, 0.6) is 5.75 Å². The zero-order chi connectivity index (χ0) is 10.9. The molecular weight excluding hydrogens is 188 g/mol. The lowest BCUT2D eigenvalue weighted by molar-refractivity contribution is 0.179. The van der Waals surface area contributed by atoms with Crippen LogP contribution in [0.25, 0.3) is 0 Å². The lowest BCUT2D eigenvalue weighted by Gasteiger charge is -2.04. The van der Waals surface area contributed by atoms with Gasteiger partial charge >= 0.3 is 0 Å². The summed E-state index contributed by atoms with van der Waals surface area (Å²) in [6.45, 7) is 6.73. The molecule has 1 aromatic rings. The first-order valence-electron chi connectivity index (χ1n) is 4.90. The van der Waals surface area contributed by atoms with E-state index in [4.69, 9.17) is 9.47 Å². The minimum Gasteiger partial charge on any atom is -0.498 e. The van der Waals surface area contributed by atoms with Crippen LogP contribution in [-0.4, -0.2) is 13.2 Å². The number of para-hydroxylation sites is 1. The van der Waals surface area contributed by atoms with Gasteiger partial charge in [0.2, 0.25) is 0 Å². The maximum atomic E-state index is 5.43. The van der Waals surface area contributed by atoms with Crippen molar-refractivity contribution >= 4 is 0 Å². The second-order valence-corrected chi connectivity index (χ2v) is 3.18. The first kappa shape index (κ1) is 11.4. The molecule has 0 unspecified atom stereocenters. The quantitative estimate of drug-likeness (QED) is 0.402. The molecule has 0 saturated heterocycles. The van der Waals surface area contributed by atoms with Crippen LogP contribution in [0.3, 0.4) is 0 Å². The summed E-state index contributed by atoms with van der Waals surface area (Å²) in [6, 6.07) is 9.68. The van der Waals surface area contributed by atoms with Crippen LogP contribution in [0, 0.1) is 0 Å². The zero-order valence-corrected chi connectivity index (χ0v) is 8.98. The number of hydrogen-bond donors (Lipinski definition) is 0. The molecule has 0 aliphatic heterocycles. The average molecular weight is 204 g/mol. The highest BCUT2D eigenvalue weighted by molar-refractivity contribution is 5.20. The Labute approximate surface area is 90.8 Å². The zero-order valence-electron chi connectivity index (χ0n) is 8.98. The molecule has 0 aliphatic carbocycles. The third kappa shape index (κ3) is 5.57. The minimum atomic E-state index is 0.540. The van der Waals surface area contributed by atoms with Crippen molar-refractivity contribution < 1.29 is 9.47 Å². The van der Waals surface area contributed by atoms with Crippen LogP contribution < -0.4 is 4.74 Å². The number of allylic oxidation sites excluding steroid dienone is 2. The predicted octanol–water partition coefficient (Wildman–Crippen LogP) is 3.17. The highest BCUT2D eigenvalue weighted by Gasteiger charge is 1.89. The largest absolute Gasteiger partial charge is 0.498 e. The Bertz CT molecular complexity index is 315. The lowest BCUT2D eigenvalue weighted by Crippen LogP contribution is -2.03. The van der Waals surface area contributed by atoms with E-state index in [1.807, 2.05) is 43.3 Å². The molecular formula is C13H16O2. The highest BCUT2D eigenvalue weighted by Crippen LogP contribution is 2.07. The van der Waals surface area contributed by atoms with E-state index in [1.54, 1.807) is 6.26 Å². The molecule has 2 nitrogen and oxygen atoms in total. The Morgan fingerprint density at radius 1 is 1.27 bits per heavy atom. The van der Waals surface area contributed by atoms with E-state index in [1.165, 1.54) is 0 Å². The third-order valence-corrected chi connectivity index (χ3v) is 1.66. The standard InChI is InChI=1S/C13H16O2/c1-12(2)8-9-14-10-11-15-13-6-4-3-5-7-13/h3-9H,1,10-11H2,2H3. The van der Waals surface area contributed by atoms with Gasteiger partial charge in [0.25, 0.3) is 0 Å². The van der Waals surface area contributed by atoms with Crippen molar-refractivity contribution in [3.8, 4) is 5.75 Å². The van der Waals surface area contributed by atoms with Gasteiger partial charge < -0.3 is 9.47 Å². The smallest absolute Gasteiger partial charge is 0.122 e. The monoisotopic (exact) mass is 204 g/mol. The highest BCUT2D eigenvalue weighted by atomic mass is 16.5. The van der Waals surface area contributed by atoms with Crippen molar-refractivity contribution in [1.82, 2.24) is 0 Å². The summed E-state index contributed by atoms with van der Waals surface area (Å²) in [5, 5.41) is 0. The number of hydrogen-bond acceptors (Lipinski definition) is 2. The van der Waals surface area contributed by atoms with Crippen LogP contribution in [-0.2, 0) is 4.74 Å². The maximum Gasteiger partial charge on any atom is 0.122 e. The third-order valence-electron chi connectivity index (χ3n) is 1.66. The van der Waals surface area contributed by atoms with Crippen molar-refractivity contribution in [3.05, 3.63) is 54.8 Å². The van der Waals surface area contributed by atoms with E-state index in [9.17, 15) is 0 Å². The van der Waals surface area contributed by atoms with Gasteiger partial charge in [0.15, 0.2) is 0 Å². The Hall–Kier alpha value is -1.70. The molecule has 0 fully saturated rings. The van der Waals surface area contributed by atoms with Crippen molar-refractivity contribution in [3.63, 3.8) is 0 Å². The van der Waals surface area contributed by atoms with Crippen molar-refractivity contribution in [1.29, 1.82) is 0 Å². The molecule has 2 heteroatoms. The van der Waals surface area contributed by atoms with E-state index in [2.05, 4.69) is 6.58 Å². The molecule has 0 amide bonds. The topological polar surface area (TPSA) is 18.5 Å². The average Bonchev–Trinajstić information content (AvgIpc) is 2.24. The Kier molecular flexibility index (Phi) is 5.09. The number of ether oxygens (including phenoxy) is 2. The molecule has 0 saturated carbocycles. The Morgan fingerprint density at radius 3 is 2.67 bits per heavy atom. The predicted molar refractivity (Wildman–Crippen MR) is 61.8 cm³/mol. The molecule has 0 aliphatic rings. The molecule has 0 atom stereocenters. The maximum absolute atomic E-state index is 5.43. The molecule has 0 N–H and O–H groups in total. The molecule has 0 bridgehead atoms. The first-order valence-corrected chi connectivity index (χ1v) is 4.90. The van der Waals surface area contributed by atoms with Gasteiger partial charge in [-0.25, -0.2) is 0 Å². The van der Waals surface area contributed by atoms with Gasteiger partial charge in [-0.15, -0.1) is 0 Å². The summed E-state index contributed by atoms with van der Waals surface area (Å²) in [5.41, 5.74) is 0.971. The second kappa shape index (κ2) is 6.71. The summed E-state index contributed by atoms with van der Waals surface area (Å²) in [6.07, 6.45) is 3.46. The molecule has 0 radical (unpaired) electrons. The van der Waals surface area contributed by atoms with Gasteiger partial charge in [-0.05, 0) is 25.1 Å². The summed E-state index contributed by atoms with van der Waals surface area (Å²) in [7, 11) is 0. The van der Waals surface area contributed by atoms with Gasteiger partial charge in [-0.3, -0.25) is 0 Å². The number of benzene rings is 1. The fourth-order valence-corrected chi connectivity index (χ4v) is 0.957. The Balaban J connectivity index is 2.10. The fourth-order valence-electron chi connectivity index (χ4n) is 0.957. The van der Waals surface area contributed by atoms with E-state index >= 15 is 0 Å². The summed E-state index contributed by atoms with van der Waals surface area (Å²) >= 11 is 0. The fraction of sp³-hybridized carbons (Fsp3) is 0.231. The summed E-state index contributed by atoms with van der Waals surface area (Å²) in [4.78, 5) is 0. The normalized spacial score (nSPS) is 10.2. The van der Waals surface area contributed by atoms with E-state index in [-0.39, 0.29) is 0 Å². The van der Waals surface area contributed by atoms with Crippen LogP contribution in [0.4, 0.5) is 0 Å². The molecule has 1 aromatic carbocycles. The minimum absolute atomic E-state index is 0.540. The van der Waals surface area contributed by atoms with Crippen molar-refractivity contribution in [2.45, 2.75) is 6.92 Å². The second-order valence-electron chi connectivity index (χ2n) is 3.18. The molecule has 0 heterocycles. The van der Waals surface area contributed by atoms with Crippen molar-refractivity contribution in [2.75, 3.05) is 13.2 Å². The van der Waals surface area contributed by atoms with E-state index < -0.39 is 0 Å². The van der Waals surface area contributed by atoms with Gasteiger partial charge in [0.05, 0.1) is 6.26 Å². The summed E-state index contributed by atoms with van der Waals surface area (Å²) < 4.78 is 10.6. The van der Waals surface area contributed by atoms with Crippen LogP contribution in [0.2, 0.25) is 0 Å². The molecule has 80 valence electrons. The van der Waals surface area contributed by atoms with Gasteiger partial charge in [-0.2, -0.15) is 0 Å². The molecule has 15 heavy (non-hydrogen) atoms. The molecule has 0 spiro atoms. The SMILES string of the molecule is C=C(C)C=COCCOc1ccccc1. The van der Waals surface area contributed by atoms with E-state index in [0.717, 1.165) is 11.3 Å². The Morgan fingerprint density at radius 2 is 2.00 bits per heavy atom. The van der Waals surface area contributed by atoms with Crippen LogP contribution >= 0.6 is 0 Å². The first-order chi connectivity index (χ1) is 7.29. The van der Waals surface area contributed by atoms with Gasteiger partial charge in [0, 0.05) is 0 Å².